The molecule has 0 atom stereocenters. The summed E-state index contributed by atoms with van der Waals surface area (Å²) in [7, 11) is 0. The molecule has 15 heavy (non-hydrogen) atoms. The smallest absolute Gasteiger partial charge is 0.133 e. The number of halogens is 2. The molecule has 0 radical (unpaired) electrons. The highest BCUT2D eigenvalue weighted by atomic mass is 79.9. The zero-order valence-electron chi connectivity index (χ0n) is 7.92. The Labute approximate surface area is 99.1 Å². The van der Waals surface area contributed by atoms with Crippen molar-refractivity contribution < 1.29 is 4.39 Å². The van der Waals surface area contributed by atoms with Gasteiger partial charge in [-0.25, -0.2) is 9.37 Å². The van der Waals surface area contributed by atoms with Crippen molar-refractivity contribution in [1.29, 1.82) is 0 Å². The van der Waals surface area contributed by atoms with E-state index >= 15 is 0 Å². The first-order valence-corrected chi connectivity index (χ1v) is 5.87. The third-order valence-corrected chi connectivity index (χ3v) is 3.24. The van der Waals surface area contributed by atoms with E-state index in [2.05, 4.69) is 20.9 Å². The zero-order chi connectivity index (χ0) is 11.0. The predicted octanol–water partition coefficient (Wildman–Crippen LogP) is 3.60. The molecular formula is C10H8BrFN2S. The van der Waals surface area contributed by atoms with Crippen LogP contribution in [0.3, 0.4) is 0 Å². The normalized spacial score (nSPS) is 10.6. The van der Waals surface area contributed by atoms with Gasteiger partial charge >= 0.3 is 0 Å². The monoisotopic (exact) mass is 286 g/mol. The number of aryl methyl sites for hydroxylation is 1. The summed E-state index contributed by atoms with van der Waals surface area (Å²) in [4.78, 5) is 4.21. The predicted molar refractivity (Wildman–Crippen MR) is 64.4 cm³/mol. The summed E-state index contributed by atoms with van der Waals surface area (Å²) in [5, 5.41) is 1.39. The molecule has 0 bridgehead atoms. The molecule has 0 unspecified atom stereocenters. The van der Waals surface area contributed by atoms with Crippen molar-refractivity contribution in [1.82, 2.24) is 4.98 Å². The van der Waals surface area contributed by atoms with E-state index in [0.717, 1.165) is 5.01 Å². The van der Waals surface area contributed by atoms with E-state index in [1.54, 1.807) is 12.1 Å². The van der Waals surface area contributed by atoms with Gasteiger partial charge in [0.1, 0.15) is 16.5 Å². The minimum atomic E-state index is -0.318. The van der Waals surface area contributed by atoms with Gasteiger partial charge in [0.15, 0.2) is 0 Å². The van der Waals surface area contributed by atoms with Crippen LogP contribution in [-0.4, -0.2) is 4.98 Å². The molecular weight excluding hydrogens is 279 g/mol. The molecule has 1 heterocycles. The molecule has 5 heteroatoms. The number of anilines is 1. The molecule has 2 aromatic rings. The Hall–Kier alpha value is -0.940. The Morgan fingerprint density at radius 3 is 2.73 bits per heavy atom. The largest absolute Gasteiger partial charge is 0.389 e. The molecule has 2 rings (SSSR count). The minimum Gasteiger partial charge on any atom is -0.389 e. The van der Waals surface area contributed by atoms with Crippen molar-refractivity contribution >= 4 is 32.3 Å². The second kappa shape index (κ2) is 3.90. The number of nitrogens with zero attached hydrogens (tertiary/aromatic N) is 1. The van der Waals surface area contributed by atoms with Gasteiger partial charge in [-0.3, -0.25) is 0 Å². The van der Waals surface area contributed by atoms with Crippen molar-refractivity contribution in [3.63, 3.8) is 0 Å². The number of hydrogen-bond donors (Lipinski definition) is 1. The van der Waals surface area contributed by atoms with Gasteiger partial charge in [0.25, 0.3) is 0 Å². The summed E-state index contributed by atoms with van der Waals surface area (Å²) in [6, 6.07) is 4.85. The van der Waals surface area contributed by atoms with Crippen LogP contribution in [0.4, 0.5) is 9.39 Å². The molecule has 0 aliphatic rings. The average Bonchev–Trinajstić information content (AvgIpc) is 2.45. The van der Waals surface area contributed by atoms with Crippen molar-refractivity contribution in [3.8, 4) is 11.3 Å². The van der Waals surface area contributed by atoms with Crippen LogP contribution in [0, 0.1) is 12.7 Å². The van der Waals surface area contributed by atoms with Crippen LogP contribution in [0.1, 0.15) is 5.01 Å². The summed E-state index contributed by atoms with van der Waals surface area (Å²) in [6.07, 6.45) is 0. The fraction of sp³-hybridized carbons (Fsp3) is 0.100. The SMILES string of the molecule is Cc1nc(-c2ccc(Br)cc2F)c(N)s1. The number of rotatable bonds is 1. The number of thiazole rings is 1. The van der Waals surface area contributed by atoms with Crippen LogP contribution in [0.2, 0.25) is 0 Å². The number of nitrogen functional groups attached to an aromatic ring is 1. The van der Waals surface area contributed by atoms with Gasteiger partial charge < -0.3 is 5.73 Å². The quantitative estimate of drug-likeness (QED) is 0.870. The summed E-state index contributed by atoms with van der Waals surface area (Å²) < 4.78 is 14.3. The van der Waals surface area contributed by atoms with Crippen LogP contribution in [0.5, 0.6) is 0 Å². The van der Waals surface area contributed by atoms with Gasteiger partial charge in [-0.05, 0) is 25.1 Å². The third-order valence-electron chi connectivity index (χ3n) is 1.95. The standard InChI is InChI=1S/C10H8BrFN2S/c1-5-14-9(10(13)15-5)7-3-2-6(11)4-8(7)12/h2-4H,13H2,1H3. The Balaban J connectivity index is 2.59. The molecule has 78 valence electrons. The maximum absolute atomic E-state index is 13.6. The zero-order valence-corrected chi connectivity index (χ0v) is 10.3. The summed E-state index contributed by atoms with van der Waals surface area (Å²) >= 11 is 4.57. The van der Waals surface area contributed by atoms with Crippen LogP contribution >= 0.6 is 27.3 Å². The highest BCUT2D eigenvalue weighted by Gasteiger charge is 2.12. The van der Waals surface area contributed by atoms with Gasteiger partial charge in [0.2, 0.25) is 0 Å². The number of hydrogen-bond acceptors (Lipinski definition) is 3. The van der Waals surface area contributed by atoms with E-state index in [1.807, 2.05) is 6.92 Å². The van der Waals surface area contributed by atoms with E-state index in [1.165, 1.54) is 17.4 Å². The Kier molecular flexibility index (Phi) is 2.75. The summed E-state index contributed by atoms with van der Waals surface area (Å²) in [5.41, 5.74) is 6.73. The van der Waals surface area contributed by atoms with Gasteiger partial charge in [-0.2, -0.15) is 0 Å². The Morgan fingerprint density at radius 1 is 1.47 bits per heavy atom. The second-order valence-corrected chi connectivity index (χ2v) is 5.22. The van der Waals surface area contributed by atoms with Crippen molar-refractivity contribution in [3.05, 3.63) is 33.5 Å². The van der Waals surface area contributed by atoms with Crippen LogP contribution in [-0.2, 0) is 0 Å². The Morgan fingerprint density at radius 2 is 2.20 bits per heavy atom. The Bertz CT molecular complexity index is 510. The molecule has 0 saturated heterocycles. The van der Waals surface area contributed by atoms with E-state index in [-0.39, 0.29) is 5.82 Å². The first-order chi connectivity index (χ1) is 7.08. The van der Waals surface area contributed by atoms with Crippen molar-refractivity contribution in [2.45, 2.75) is 6.92 Å². The fourth-order valence-corrected chi connectivity index (χ4v) is 2.36. The average molecular weight is 287 g/mol. The lowest BCUT2D eigenvalue weighted by Gasteiger charge is -2.01. The molecule has 0 spiro atoms. The molecule has 2 N–H and O–H groups in total. The number of benzene rings is 1. The summed E-state index contributed by atoms with van der Waals surface area (Å²) in [6.45, 7) is 1.85. The summed E-state index contributed by atoms with van der Waals surface area (Å²) in [5.74, 6) is -0.318. The molecule has 0 amide bonds. The molecule has 0 aliphatic heterocycles. The fourth-order valence-electron chi connectivity index (χ4n) is 1.32. The maximum atomic E-state index is 13.6. The first kappa shape index (κ1) is 10.6. The lowest BCUT2D eigenvalue weighted by atomic mass is 10.1. The van der Waals surface area contributed by atoms with E-state index in [9.17, 15) is 4.39 Å². The number of aromatic nitrogens is 1. The van der Waals surface area contributed by atoms with E-state index < -0.39 is 0 Å². The van der Waals surface area contributed by atoms with Crippen molar-refractivity contribution in [2.24, 2.45) is 0 Å². The molecule has 2 nitrogen and oxygen atoms in total. The van der Waals surface area contributed by atoms with Crippen molar-refractivity contribution in [2.75, 3.05) is 5.73 Å². The second-order valence-electron chi connectivity index (χ2n) is 3.07. The maximum Gasteiger partial charge on any atom is 0.133 e. The van der Waals surface area contributed by atoms with Gasteiger partial charge in [-0.1, -0.05) is 15.9 Å². The molecule has 0 aliphatic carbocycles. The van der Waals surface area contributed by atoms with Crippen LogP contribution in [0.25, 0.3) is 11.3 Å². The highest BCUT2D eigenvalue weighted by molar-refractivity contribution is 9.10. The minimum absolute atomic E-state index is 0.318. The molecule has 0 saturated carbocycles. The highest BCUT2D eigenvalue weighted by Crippen LogP contribution is 2.32. The van der Waals surface area contributed by atoms with Gasteiger partial charge in [0, 0.05) is 10.0 Å². The van der Waals surface area contributed by atoms with Crippen LogP contribution < -0.4 is 5.73 Å². The van der Waals surface area contributed by atoms with E-state index in [4.69, 9.17) is 5.73 Å². The molecule has 1 aromatic heterocycles. The first-order valence-electron chi connectivity index (χ1n) is 4.26. The number of nitrogens with two attached hydrogens (primary N) is 1. The van der Waals surface area contributed by atoms with Gasteiger partial charge in [0.05, 0.1) is 5.01 Å². The van der Waals surface area contributed by atoms with Crippen LogP contribution in [0.15, 0.2) is 22.7 Å². The molecule has 1 aromatic carbocycles. The third kappa shape index (κ3) is 2.03. The van der Waals surface area contributed by atoms with Gasteiger partial charge in [-0.15, -0.1) is 11.3 Å². The lowest BCUT2D eigenvalue weighted by molar-refractivity contribution is 0.630. The van der Waals surface area contributed by atoms with E-state index in [0.29, 0.717) is 20.7 Å². The molecule has 0 fully saturated rings. The topological polar surface area (TPSA) is 38.9 Å². The lowest BCUT2D eigenvalue weighted by Crippen LogP contribution is -1.89.